The van der Waals surface area contributed by atoms with E-state index in [4.69, 9.17) is 16.3 Å². The molecule has 0 bridgehead atoms. The summed E-state index contributed by atoms with van der Waals surface area (Å²) in [6.45, 7) is 1.67. The lowest BCUT2D eigenvalue weighted by molar-refractivity contribution is -0.118. The van der Waals surface area contributed by atoms with Crippen molar-refractivity contribution < 1.29 is 9.53 Å². The van der Waals surface area contributed by atoms with Gasteiger partial charge in [-0.15, -0.1) is 11.3 Å². The normalized spacial score (nSPS) is 10.8. The van der Waals surface area contributed by atoms with Crippen LogP contribution in [-0.4, -0.2) is 21.9 Å². The molecule has 0 radical (unpaired) electrons. The van der Waals surface area contributed by atoms with Crippen molar-refractivity contribution in [2.45, 2.75) is 6.92 Å². The maximum absolute atomic E-state index is 12.4. The van der Waals surface area contributed by atoms with Gasteiger partial charge in [0.2, 0.25) is 0 Å². The summed E-state index contributed by atoms with van der Waals surface area (Å²) in [4.78, 5) is 29.7. The van der Waals surface area contributed by atoms with Gasteiger partial charge in [-0.1, -0.05) is 23.7 Å². The number of hydrogen-bond donors (Lipinski definition) is 1. The lowest BCUT2D eigenvalue weighted by atomic mass is 10.1. The van der Waals surface area contributed by atoms with E-state index in [-0.39, 0.29) is 18.1 Å². The van der Waals surface area contributed by atoms with Crippen LogP contribution in [0, 0.1) is 6.92 Å². The molecule has 0 aliphatic carbocycles. The first-order valence-corrected chi connectivity index (χ1v) is 10.0. The molecule has 8 heteroatoms. The van der Waals surface area contributed by atoms with Gasteiger partial charge in [-0.3, -0.25) is 14.0 Å². The van der Waals surface area contributed by atoms with Crippen LogP contribution in [0.1, 0.15) is 5.69 Å². The second-order valence-electron chi connectivity index (χ2n) is 6.35. The number of nitrogens with zero attached hydrogens (tertiary/aromatic N) is 2. The molecule has 1 amide bonds. The molecule has 1 N–H and O–H groups in total. The maximum Gasteiger partial charge on any atom is 0.262 e. The highest BCUT2D eigenvalue weighted by molar-refractivity contribution is 7.15. The van der Waals surface area contributed by atoms with Gasteiger partial charge in [0.25, 0.3) is 11.5 Å². The molecule has 6 nitrogen and oxygen atoms in total. The number of carbonyl (C=O) groups excluding carboxylic acids is 1. The maximum atomic E-state index is 12.4. The highest BCUT2D eigenvalue weighted by Crippen LogP contribution is 2.26. The predicted octanol–water partition coefficient (Wildman–Crippen LogP) is 4.40. The number of anilines is 1. The molecule has 0 saturated heterocycles. The van der Waals surface area contributed by atoms with Crippen molar-refractivity contribution in [3.05, 3.63) is 81.0 Å². The van der Waals surface area contributed by atoms with Gasteiger partial charge in [0.1, 0.15) is 5.75 Å². The number of hydrogen-bond acceptors (Lipinski definition) is 5. The smallest absolute Gasteiger partial charge is 0.262 e. The van der Waals surface area contributed by atoms with Gasteiger partial charge in [0, 0.05) is 33.4 Å². The summed E-state index contributed by atoms with van der Waals surface area (Å²) in [5.41, 5.74) is 2.70. The topological polar surface area (TPSA) is 72.7 Å². The van der Waals surface area contributed by atoms with Gasteiger partial charge in [-0.2, -0.15) is 0 Å². The van der Waals surface area contributed by atoms with Crippen molar-refractivity contribution in [3.63, 3.8) is 0 Å². The molecule has 2 heterocycles. The molecule has 0 unspecified atom stereocenters. The second-order valence-corrected chi connectivity index (χ2v) is 7.62. The Balaban J connectivity index is 1.51. The first kappa shape index (κ1) is 19.2. The summed E-state index contributed by atoms with van der Waals surface area (Å²) >= 11 is 7.23. The molecular weight excluding hydrogens is 410 g/mol. The third-order valence-corrected chi connectivity index (χ3v) is 5.24. The first-order chi connectivity index (χ1) is 14.0. The zero-order valence-electron chi connectivity index (χ0n) is 15.4. The van der Waals surface area contributed by atoms with Crippen LogP contribution in [0.4, 0.5) is 5.69 Å². The summed E-state index contributed by atoms with van der Waals surface area (Å²) in [7, 11) is 0. The Hall–Kier alpha value is -3.16. The molecule has 0 fully saturated rings. The monoisotopic (exact) mass is 425 g/mol. The molecule has 2 aromatic heterocycles. The summed E-state index contributed by atoms with van der Waals surface area (Å²) < 4.78 is 7.03. The Morgan fingerprint density at radius 1 is 1.21 bits per heavy atom. The third-order valence-electron chi connectivity index (χ3n) is 4.16. The minimum absolute atomic E-state index is 0.129. The zero-order valence-corrected chi connectivity index (χ0v) is 17.0. The van der Waals surface area contributed by atoms with Crippen LogP contribution < -0.4 is 15.6 Å². The fourth-order valence-electron chi connectivity index (χ4n) is 2.86. The quantitative estimate of drug-likeness (QED) is 0.514. The third kappa shape index (κ3) is 4.31. The number of thiazole rings is 1. The molecule has 4 rings (SSSR count). The van der Waals surface area contributed by atoms with Gasteiger partial charge in [0.05, 0.1) is 5.69 Å². The SMILES string of the molecule is Cc1cc(=O)n2c(-c3cccc(NC(=O)COc4ccc(Cl)cc4)c3)csc2n1. The van der Waals surface area contributed by atoms with Gasteiger partial charge in [-0.05, 0) is 43.3 Å². The standard InChI is InChI=1S/C21H16ClN3O3S/c1-13-9-20(27)25-18(12-29-21(25)23-13)14-3-2-4-16(10-14)24-19(26)11-28-17-7-5-15(22)6-8-17/h2-10,12H,11H2,1H3,(H,24,26). The van der Waals surface area contributed by atoms with Crippen LogP contribution in [0.2, 0.25) is 5.02 Å². The Kier molecular flexibility index (Phi) is 5.33. The molecule has 0 spiro atoms. The Morgan fingerprint density at radius 3 is 2.79 bits per heavy atom. The number of nitrogens with one attached hydrogen (secondary N) is 1. The van der Waals surface area contributed by atoms with Gasteiger partial charge in [0.15, 0.2) is 11.6 Å². The largest absolute Gasteiger partial charge is 0.484 e. The van der Waals surface area contributed by atoms with Gasteiger partial charge in [-0.25, -0.2) is 4.98 Å². The molecule has 146 valence electrons. The molecular formula is C21H16ClN3O3S. The second kappa shape index (κ2) is 8.06. The van der Waals surface area contributed by atoms with Crippen molar-refractivity contribution in [2.75, 3.05) is 11.9 Å². The van der Waals surface area contributed by atoms with Crippen molar-refractivity contribution >= 4 is 39.5 Å². The summed E-state index contributed by atoms with van der Waals surface area (Å²) in [5, 5.41) is 5.29. The Morgan fingerprint density at radius 2 is 2.00 bits per heavy atom. The molecule has 0 saturated carbocycles. The number of carbonyl (C=O) groups is 1. The molecule has 0 aliphatic heterocycles. The first-order valence-electron chi connectivity index (χ1n) is 8.76. The summed E-state index contributed by atoms with van der Waals surface area (Å²) in [5.74, 6) is 0.270. The molecule has 29 heavy (non-hydrogen) atoms. The minimum atomic E-state index is -0.290. The van der Waals surface area contributed by atoms with Crippen LogP contribution in [0.5, 0.6) is 5.75 Å². The van der Waals surface area contributed by atoms with Crippen LogP contribution >= 0.6 is 22.9 Å². The number of ether oxygens (including phenoxy) is 1. The van der Waals surface area contributed by atoms with Crippen LogP contribution in [-0.2, 0) is 4.79 Å². The average molecular weight is 426 g/mol. The predicted molar refractivity (Wildman–Crippen MR) is 115 cm³/mol. The number of benzene rings is 2. The van der Waals surface area contributed by atoms with E-state index >= 15 is 0 Å². The fourth-order valence-corrected chi connectivity index (χ4v) is 3.94. The number of fused-ring (bicyclic) bond motifs is 1. The zero-order chi connectivity index (χ0) is 20.4. The van der Waals surface area contributed by atoms with E-state index in [2.05, 4.69) is 10.3 Å². The van der Waals surface area contributed by atoms with Crippen molar-refractivity contribution in [3.8, 4) is 17.0 Å². The van der Waals surface area contributed by atoms with E-state index in [1.54, 1.807) is 41.7 Å². The lowest BCUT2D eigenvalue weighted by Crippen LogP contribution is -2.20. The number of aromatic nitrogens is 2. The van der Waals surface area contributed by atoms with Gasteiger partial charge < -0.3 is 10.1 Å². The molecule has 2 aromatic carbocycles. The molecule has 0 aliphatic rings. The number of rotatable bonds is 5. The van der Waals surface area contributed by atoms with E-state index in [1.165, 1.54) is 17.4 Å². The summed E-state index contributed by atoms with van der Waals surface area (Å²) in [6.07, 6.45) is 0. The van der Waals surface area contributed by atoms with Crippen molar-refractivity contribution in [2.24, 2.45) is 0 Å². The highest BCUT2D eigenvalue weighted by atomic mass is 35.5. The molecule has 4 aromatic rings. The number of amides is 1. The number of aryl methyl sites for hydroxylation is 1. The van der Waals surface area contributed by atoms with Crippen LogP contribution in [0.25, 0.3) is 16.2 Å². The van der Waals surface area contributed by atoms with E-state index in [0.29, 0.717) is 27.1 Å². The van der Waals surface area contributed by atoms with Crippen LogP contribution in [0.15, 0.2) is 64.8 Å². The Bertz CT molecular complexity index is 1250. The molecule has 0 atom stereocenters. The van der Waals surface area contributed by atoms with E-state index < -0.39 is 0 Å². The fraction of sp³-hybridized carbons (Fsp3) is 0.0952. The van der Waals surface area contributed by atoms with Crippen molar-refractivity contribution in [1.82, 2.24) is 9.38 Å². The Labute approximate surface area is 175 Å². The van der Waals surface area contributed by atoms with Crippen molar-refractivity contribution in [1.29, 1.82) is 0 Å². The van der Waals surface area contributed by atoms with E-state index in [9.17, 15) is 9.59 Å². The highest BCUT2D eigenvalue weighted by Gasteiger charge is 2.11. The van der Waals surface area contributed by atoms with E-state index in [0.717, 1.165) is 11.3 Å². The van der Waals surface area contributed by atoms with Crippen LogP contribution in [0.3, 0.4) is 0 Å². The lowest BCUT2D eigenvalue weighted by Gasteiger charge is -2.09. The number of halogens is 1. The summed E-state index contributed by atoms with van der Waals surface area (Å²) in [6, 6.07) is 15.6. The van der Waals surface area contributed by atoms with E-state index in [1.807, 2.05) is 23.6 Å². The van der Waals surface area contributed by atoms with Gasteiger partial charge >= 0.3 is 0 Å². The average Bonchev–Trinajstić information content (AvgIpc) is 3.12. The minimum Gasteiger partial charge on any atom is -0.484 e.